The van der Waals surface area contributed by atoms with Crippen molar-refractivity contribution >= 4 is 39.3 Å². The average Bonchev–Trinajstić information content (AvgIpc) is 3.18. The standard InChI is InChI=1S/C23H26BrClN2O2/c1-16(23(29)26-21-10-2-3-11-21)27(15-18-7-4-8-19(24)12-18)22(28)14-17-6-5-9-20(25)13-17/h4-9,12-13,16,21H,2-3,10-11,14-15H2,1H3,(H,26,29)/t16-/m1/s1. The van der Waals surface area contributed by atoms with Crippen LogP contribution in [0.25, 0.3) is 0 Å². The molecule has 4 nitrogen and oxygen atoms in total. The lowest BCUT2D eigenvalue weighted by Crippen LogP contribution is -2.50. The molecule has 0 heterocycles. The fourth-order valence-electron chi connectivity index (χ4n) is 3.73. The molecule has 0 saturated heterocycles. The summed E-state index contributed by atoms with van der Waals surface area (Å²) in [4.78, 5) is 27.7. The van der Waals surface area contributed by atoms with Crippen LogP contribution in [0, 0.1) is 0 Å². The summed E-state index contributed by atoms with van der Waals surface area (Å²) in [7, 11) is 0. The van der Waals surface area contributed by atoms with Crippen molar-refractivity contribution < 1.29 is 9.59 Å². The van der Waals surface area contributed by atoms with Gasteiger partial charge in [-0.25, -0.2) is 0 Å². The van der Waals surface area contributed by atoms with Crippen LogP contribution in [0.2, 0.25) is 5.02 Å². The third-order valence-electron chi connectivity index (χ3n) is 5.36. The Morgan fingerprint density at radius 2 is 1.83 bits per heavy atom. The Morgan fingerprint density at radius 3 is 2.52 bits per heavy atom. The maximum atomic E-state index is 13.2. The molecule has 1 aliphatic carbocycles. The highest BCUT2D eigenvalue weighted by Crippen LogP contribution is 2.20. The smallest absolute Gasteiger partial charge is 0.242 e. The summed E-state index contributed by atoms with van der Waals surface area (Å²) in [6.07, 6.45) is 4.53. The van der Waals surface area contributed by atoms with E-state index in [1.807, 2.05) is 36.4 Å². The van der Waals surface area contributed by atoms with Gasteiger partial charge in [-0.2, -0.15) is 0 Å². The third-order valence-corrected chi connectivity index (χ3v) is 6.08. The van der Waals surface area contributed by atoms with Crippen LogP contribution in [0.4, 0.5) is 0 Å². The Balaban J connectivity index is 1.77. The number of benzene rings is 2. The van der Waals surface area contributed by atoms with Crippen LogP contribution in [0.15, 0.2) is 53.0 Å². The number of rotatable bonds is 7. The van der Waals surface area contributed by atoms with Gasteiger partial charge < -0.3 is 10.2 Å². The first-order valence-corrected chi connectivity index (χ1v) is 11.2. The minimum atomic E-state index is -0.554. The predicted octanol–water partition coefficient (Wildman–Crippen LogP) is 5.12. The SMILES string of the molecule is C[C@H](C(=O)NC1CCCC1)N(Cc1cccc(Br)c1)C(=O)Cc1cccc(Cl)c1. The van der Waals surface area contributed by atoms with Crippen LogP contribution >= 0.6 is 27.5 Å². The van der Waals surface area contributed by atoms with Gasteiger partial charge in [0.25, 0.3) is 0 Å². The maximum absolute atomic E-state index is 13.2. The highest BCUT2D eigenvalue weighted by atomic mass is 79.9. The zero-order chi connectivity index (χ0) is 20.8. The van der Waals surface area contributed by atoms with Gasteiger partial charge in [0.15, 0.2) is 0 Å². The van der Waals surface area contributed by atoms with Crippen molar-refractivity contribution in [2.24, 2.45) is 0 Å². The van der Waals surface area contributed by atoms with E-state index in [9.17, 15) is 9.59 Å². The van der Waals surface area contributed by atoms with Gasteiger partial charge in [0.2, 0.25) is 11.8 Å². The first kappa shape index (κ1) is 21.8. The Labute approximate surface area is 185 Å². The third kappa shape index (κ3) is 6.31. The van der Waals surface area contributed by atoms with E-state index < -0.39 is 6.04 Å². The van der Waals surface area contributed by atoms with E-state index in [1.165, 1.54) is 0 Å². The minimum absolute atomic E-state index is 0.0914. The Bertz CT molecular complexity index is 867. The molecule has 0 radical (unpaired) electrons. The summed E-state index contributed by atoms with van der Waals surface area (Å²) in [6, 6.07) is 14.8. The van der Waals surface area contributed by atoms with E-state index in [0.717, 1.165) is 41.3 Å². The van der Waals surface area contributed by atoms with E-state index >= 15 is 0 Å². The molecule has 0 spiro atoms. The van der Waals surface area contributed by atoms with Crippen LogP contribution in [0.1, 0.15) is 43.7 Å². The summed E-state index contributed by atoms with van der Waals surface area (Å²) < 4.78 is 0.945. The van der Waals surface area contributed by atoms with Gasteiger partial charge in [-0.15, -0.1) is 0 Å². The lowest BCUT2D eigenvalue weighted by molar-refractivity contribution is -0.140. The zero-order valence-electron chi connectivity index (χ0n) is 16.5. The van der Waals surface area contributed by atoms with E-state index in [2.05, 4.69) is 21.2 Å². The van der Waals surface area contributed by atoms with Crippen LogP contribution in [0.5, 0.6) is 0 Å². The van der Waals surface area contributed by atoms with Crippen molar-refractivity contribution in [3.05, 3.63) is 69.2 Å². The first-order valence-electron chi connectivity index (χ1n) is 10.0. The molecule has 0 aromatic heterocycles. The molecule has 29 heavy (non-hydrogen) atoms. The first-order chi connectivity index (χ1) is 13.9. The topological polar surface area (TPSA) is 49.4 Å². The van der Waals surface area contributed by atoms with Crippen LogP contribution < -0.4 is 5.32 Å². The summed E-state index contributed by atoms with van der Waals surface area (Å²) in [5.74, 6) is -0.187. The normalized spacial score (nSPS) is 15.1. The van der Waals surface area contributed by atoms with Gasteiger partial charge in [0.05, 0.1) is 6.42 Å². The molecule has 1 saturated carbocycles. The number of amides is 2. The van der Waals surface area contributed by atoms with Crippen molar-refractivity contribution in [1.82, 2.24) is 10.2 Å². The fraction of sp³-hybridized carbons (Fsp3) is 0.391. The molecule has 1 atom stereocenters. The van der Waals surface area contributed by atoms with E-state index in [0.29, 0.717) is 11.6 Å². The molecule has 3 rings (SSSR count). The fourth-order valence-corrected chi connectivity index (χ4v) is 4.39. The largest absolute Gasteiger partial charge is 0.352 e. The number of carbonyl (C=O) groups is 2. The number of nitrogens with one attached hydrogen (secondary N) is 1. The summed E-state index contributed by atoms with van der Waals surface area (Å²) in [5.41, 5.74) is 1.81. The predicted molar refractivity (Wildman–Crippen MR) is 120 cm³/mol. The highest BCUT2D eigenvalue weighted by Gasteiger charge is 2.28. The van der Waals surface area contributed by atoms with Crippen molar-refractivity contribution in [3.8, 4) is 0 Å². The number of nitrogens with zero attached hydrogens (tertiary/aromatic N) is 1. The molecule has 2 amide bonds. The van der Waals surface area contributed by atoms with Crippen molar-refractivity contribution in [2.75, 3.05) is 0 Å². The number of hydrogen-bond donors (Lipinski definition) is 1. The second kappa shape index (κ2) is 10.3. The lowest BCUT2D eigenvalue weighted by Gasteiger charge is -2.30. The second-order valence-electron chi connectivity index (χ2n) is 7.62. The van der Waals surface area contributed by atoms with Gasteiger partial charge in [0.1, 0.15) is 6.04 Å². The molecule has 2 aromatic rings. The Kier molecular flexibility index (Phi) is 7.73. The number of carbonyl (C=O) groups excluding carboxylic acids is 2. The van der Waals surface area contributed by atoms with Gasteiger partial charge >= 0.3 is 0 Å². The molecule has 1 N–H and O–H groups in total. The molecule has 2 aromatic carbocycles. The second-order valence-corrected chi connectivity index (χ2v) is 8.98. The van der Waals surface area contributed by atoms with Crippen molar-refractivity contribution in [3.63, 3.8) is 0 Å². The molecule has 154 valence electrons. The highest BCUT2D eigenvalue weighted by molar-refractivity contribution is 9.10. The molecule has 1 aliphatic rings. The molecule has 0 aliphatic heterocycles. The number of halogens is 2. The van der Waals surface area contributed by atoms with E-state index in [1.54, 1.807) is 24.0 Å². The van der Waals surface area contributed by atoms with Crippen LogP contribution in [-0.4, -0.2) is 28.8 Å². The van der Waals surface area contributed by atoms with Crippen molar-refractivity contribution in [1.29, 1.82) is 0 Å². The monoisotopic (exact) mass is 476 g/mol. The number of hydrogen-bond acceptors (Lipinski definition) is 2. The molecular weight excluding hydrogens is 452 g/mol. The summed E-state index contributed by atoms with van der Waals surface area (Å²) in [5, 5.41) is 3.72. The van der Waals surface area contributed by atoms with Gasteiger partial charge in [0, 0.05) is 22.1 Å². The molecule has 6 heteroatoms. The summed E-state index contributed by atoms with van der Waals surface area (Å²) >= 11 is 9.55. The molecule has 1 fully saturated rings. The maximum Gasteiger partial charge on any atom is 0.242 e. The quantitative estimate of drug-likeness (QED) is 0.601. The van der Waals surface area contributed by atoms with Crippen molar-refractivity contribution in [2.45, 2.75) is 57.7 Å². The van der Waals surface area contributed by atoms with Gasteiger partial charge in [-0.1, -0.05) is 64.6 Å². The van der Waals surface area contributed by atoms with E-state index in [-0.39, 0.29) is 24.3 Å². The molecular formula is C23H26BrClN2O2. The zero-order valence-corrected chi connectivity index (χ0v) is 18.9. The molecule has 0 unspecified atom stereocenters. The summed E-state index contributed by atoms with van der Waals surface area (Å²) in [6.45, 7) is 2.18. The van der Waals surface area contributed by atoms with Crippen LogP contribution in [0.3, 0.4) is 0 Å². The van der Waals surface area contributed by atoms with Gasteiger partial charge in [-0.3, -0.25) is 9.59 Å². The van der Waals surface area contributed by atoms with Gasteiger partial charge in [-0.05, 0) is 55.2 Å². The lowest BCUT2D eigenvalue weighted by atomic mass is 10.1. The Morgan fingerprint density at radius 1 is 1.14 bits per heavy atom. The molecule has 0 bridgehead atoms. The average molecular weight is 478 g/mol. The van der Waals surface area contributed by atoms with Crippen LogP contribution in [-0.2, 0) is 22.6 Å². The van der Waals surface area contributed by atoms with E-state index in [4.69, 9.17) is 11.6 Å². The minimum Gasteiger partial charge on any atom is -0.352 e. The Hall–Kier alpha value is -1.85.